The van der Waals surface area contributed by atoms with E-state index in [1.54, 1.807) is 35.3 Å². The minimum Gasteiger partial charge on any atom is -0.324 e. The molecule has 0 aliphatic heterocycles. The Morgan fingerprint density at radius 1 is 1.14 bits per heavy atom. The lowest BCUT2D eigenvalue weighted by atomic mass is 10.1. The van der Waals surface area contributed by atoms with E-state index >= 15 is 0 Å². The van der Waals surface area contributed by atoms with Crippen molar-refractivity contribution in [1.29, 1.82) is 0 Å². The molecule has 2 heterocycles. The van der Waals surface area contributed by atoms with Crippen LogP contribution in [0.1, 0.15) is 0 Å². The molecular formula is C18H15ClN6O2S. The van der Waals surface area contributed by atoms with Crippen molar-refractivity contribution in [1.82, 2.24) is 19.7 Å². The van der Waals surface area contributed by atoms with Gasteiger partial charge < -0.3 is 5.32 Å². The van der Waals surface area contributed by atoms with E-state index in [0.717, 1.165) is 22.0 Å². The van der Waals surface area contributed by atoms with Crippen LogP contribution in [0.2, 0.25) is 5.02 Å². The van der Waals surface area contributed by atoms with Gasteiger partial charge in [-0.1, -0.05) is 11.6 Å². The van der Waals surface area contributed by atoms with Gasteiger partial charge in [0.15, 0.2) is 0 Å². The average Bonchev–Trinajstić information content (AvgIpc) is 3.07. The Bertz CT molecular complexity index is 1290. The molecule has 3 N–H and O–H groups in total. The topological polar surface area (TPSA) is 116 Å². The van der Waals surface area contributed by atoms with Crippen molar-refractivity contribution in [2.75, 3.05) is 5.32 Å². The molecule has 10 heteroatoms. The van der Waals surface area contributed by atoms with Gasteiger partial charge in [0.25, 0.3) is 0 Å². The molecule has 4 rings (SSSR count). The molecular weight excluding hydrogens is 400 g/mol. The Morgan fingerprint density at radius 2 is 1.89 bits per heavy atom. The number of anilines is 2. The Kier molecular flexibility index (Phi) is 4.50. The zero-order chi connectivity index (χ0) is 19.9. The first-order valence-corrected chi connectivity index (χ1v) is 10.1. The Balaban J connectivity index is 1.74. The van der Waals surface area contributed by atoms with Crippen LogP contribution in [0, 0.1) is 0 Å². The highest BCUT2D eigenvalue weighted by Gasteiger charge is 2.12. The number of primary sulfonamides is 1. The molecule has 0 aliphatic rings. The lowest BCUT2D eigenvalue weighted by molar-refractivity contribution is 0.598. The summed E-state index contributed by atoms with van der Waals surface area (Å²) in [5.74, 6) is 0.364. The minimum absolute atomic E-state index is 0.0333. The van der Waals surface area contributed by atoms with Crippen LogP contribution in [-0.2, 0) is 17.1 Å². The number of aryl methyl sites for hydroxylation is 1. The Morgan fingerprint density at radius 3 is 2.54 bits per heavy atom. The zero-order valence-electron chi connectivity index (χ0n) is 14.7. The molecule has 4 aromatic rings. The predicted molar refractivity (Wildman–Crippen MR) is 108 cm³/mol. The number of hydrogen-bond acceptors (Lipinski definition) is 6. The van der Waals surface area contributed by atoms with E-state index in [1.165, 1.54) is 12.1 Å². The summed E-state index contributed by atoms with van der Waals surface area (Å²) in [6, 6.07) is 9.65. The Hall–Kier alpha value is -3.01. The number of aromatic nitrogens is 4. The first-order chi connectivity index (χ1) is 13.3. The van der Waals surface area contributed by atoms with E-state index in [4.69, 9.17) is 16.7 Å². The molecule has 28 heavy (non-hydrogen) atoms. The zero-order valence-corrected chi connectivity index (χ0v) is 16.2. The number of nitrogens with two attached hydrogens (primary N) is 1. The highest BCUT2D eigenvalue weighted by Crippen LogP contribution is 2.31. The number of sulfonamides is 1. The van der Waals surface area contributed by atoms with E-state index in [9.17, 15) is 8.42 Å². The summed E-state index contributed by atoms with van der Waals surface area (Å²) in [6.07, 6.45) is 5.30. The molecule has 0 amide bonds. The second-order valence-corrected chi connectivity index (χ2v) is 8.18. The molecule has 2 aromatic heterocycles. The first-order valence-electron chi connectivity index (χ1n) is 8.15. The SMILES string of the molecule is Cn1cc(-c2cc(Cl)cc3cnc(Nc4ccc(S(N)(=O)=O)cc4)nc23)cn1. The summed E-state index contributed by atoms with van der Waals surface area (Å²) in [4.78, 5) is 8.95. The van der Waals surface area contributed by atoms with Gasteiger partial charge in [-0.15, -0.1) is 0 Å². The molecule has 0 unspecified atom stereocenters. The lowest BCUT2D eigenvalue weighted by Gasteiger charge is -2.09. The van der Waals surface area contributed by atoms with Crippen molar-refractivity contribution in [3.05, 3.63) is 60.0 Å². The van der Waals surface area contributed by atoms with Crippen LogP contribution in [0.3, 0.4) is 0 Å². The standard InChI is InChI=1S/C18H15ClN6O2S/c1-25-10-12(9-22-25)16-7-13(19)6-11-8-21-18(24-17(11)16)23-14-2-4-15(5-3-14)28(20,26)27/h2-10H,1H3,(H2,20,26,27)(H,21,23,24). The number of hydrogen-bond donors (Lipinski definition) is 2. The summed E-state index contributed by atoms with van der Waals surface area (Å²) >= 11 is 6.24. The van der Waals surface area contributed by atoms with Gasteiger partial charge >= 0.3 is 0 Å². The van der Waals surface area contributed by atoms with E-state index < -0.39 is 10.0 Å². The second kappa shape index (κ2) is 6.86. The summed E-state index contributed by atoms with van der Waals surface area (Å²) in [6.45, 7) is 0. The summed E-state index contributed by atoms with van der Waals surface area (Å²) < 4.78 is 24.4. The molecule has 0 saturated heterocycles. The largest absolute Gasteiger partial charge is 0.324 e. The van der Waals surface area contributed by atoms with Crippen molar-refractivity contribution >= 4 is 44.2 Å². The van der Waals surface area contributed by atoms with Crippen molar-refractivity contribution < 1.29 is 8.42 Å². The highest BCUT2D eigenvalue weighted by molar-refractivity contribution is 7.89. The maximum absolute atomic E-state index is 11.4. The summed E-state index contributed by atoms with van der Waals surface area (Å²) in [5, 5.41) is 13.8. The van der Waals surface area contributed by atoms with Gasteiger partial charge in [0.05, 0.1) is 16.6 Å². The lowest BCUT2D eigenvalue weighted by Crippen LogP contribution is -2.11. The van der Waals surface area contributed by atoms with Crippen LogP contribution in [0.4, 0.5) is 11.6 Å². The predicted octanol–water partition coefficient (Wildman–Crippen LogP) is 3.07. The third-order valence-corrected chi connectivity index (χ3v) is 5.25. The van der Waals surface area contributed by atoms with Gasteiger partial charge in [-0.2, -0.15) is 5.10 Å². The van der Waals surface area contributed by atoms with Crippen LogP contribution >= 0.6 is 11.6 Å². The molecule has 0 saturated carbocycles. The van der Waals surface area contributed by atoms with Crippen LogP contribution < -0.4 is 10.5 Å². The highest BCUT2D eigenvalue weighted by atomic mass is 35.5. The quantitative estimate of drug-likeness (QED) is 0.530. The molecule has 0 bridgehead atoms. The maximum atomic E-state index is 11.4. The number of halogens is 1. The molecule has 0 fully saturated rings. The van der Waals surface area contributed by atoms with Crippen LogP contribution in [0.15, 0.2) is 59.9 Å². The van der Waals surface area contributed by atoms with E-state index in [-0.39, 0.29) is 4.90 Å². The third kappa shape index (κ3) is 3.68. The van der Waals surface area contributed by atoms with Gasteiger partial charge in [0.2, 0.25) is 16.0 Å². The van der Waals surface area contributed by atoms with Crippen molar-refractivity contribution in [3.8, 4) is 11.1 Å². The van der Waals surface area contributed by atoms with Gasteiger partial charge in [0, 0.05) is 46.7 Å². The average molecular weight is 415 g/mol. The molecule has 8 nitrogen and oxygen atoms in total. The number of nitrogens with one attached hydrogen (secondary N) is 1. The van der Waals surface area contributed by atoms with E-state index in [1.807, 2.05) is 19.3 Å². The number of nitrogens with zero attached hydrogens (tertiary/aromatic N) is 4. The second-order valence-electron chi connectivity index (χ2n) is 6.18. The van der Waals surface area contributed by atoms with Gasteiger partial charge in [-0.05, 0) is 36.4 Å². The maximum Gasteiger partial charge on any atom is 0.238 e. The minimum atomic E-state index is -3.74. The molecule has 0 atom stereocenters. The molecule has 142 valence electrons. The number of fused-ring (bicyclic) bond motifs is 1. The van der Waals surface area contributed by atoms with Crippen molar-refractivity contribution in [3.63, 3.8) is 0 Å². The normalized spacial score (nSPS) is 11.7. The first kappa shape index (κ1) is 18.4. The third-order valence-electron chi connectivity index (χ3n) is 4.10. The molecule has 0 aliphatic carbocycles. The van der Waals surface area contributed by atoms with E-state index in [0.29, 0.717) is 16.7 Å². The van der Waals surface area contributed by atoms with Crippen LogP contribution in [0.25, 0.3) is 22.0 Å². The fourth-order valence-corrected chi connectivity index (χ4v) is 3.55. The van der Waals surface area contributed by atoms with Crippen LogP contribution in [0.5, 0.6) is 0 Å². The van der Waals surface area contributed by atoms with Crippen LogP contribution in [-0.4, -0.2) is 28.2 Å². The summed E-state index contributed by atoms with van der Waals surface area (Å²) in [7, 11) is -1.90. The Labute approximate surface area is 166 Å². The van der Waals surface area contributed by atoms with Crippen molar-refractivity contribution in [2.45, 2.75) is 4.90 Å². The van der Waals surface area contributed by atoms with Gasteiger partial charge in [-0.25, -0.2) is 23.5 Å². The van der Waals surface area contributed by atoms with Gasteiger partial charge in [0.1, 0.15) is 0 Å². The molecule has 2 aromatic carbocycles. The summed E-state index contributed by atoms with van der Waals surface area (Å²) in [5.41, 5.74) is 3.07. The smallest absolute Gasteiger partial charge is 0.238 e. The number of rotatable bonds is 4. The van der Waals surface area contributed by atoms with Gasteiger partial charge in [-0.3, -0.25) is 4.68 Å². The number of benzene rings is 2. The fraction of sp³-hybridized carbons (Fsp3) is 0.0556. The van der Waals surface area contributed by atoms with Crippen molar-refractivity contribution in [2.24, 2.45) is 12.2 Å². The fourth-order valence-electron chi connectivity index (χ4n) is 2.81. The van der Waals surface area contributed by atoms with E-state index in [2.05, 4.69) is 20.4 Å². The molecule has 0 radical (unpaired) electrons. The monoisotopic (exact) mass is 414 g/mol. The molecule has 0 spiro atoms.